The minimum Gasteiger partial charge on any atom is -0.497 e. The van der Waals surface area contributed by atoms with Crippen molar-refractivity contribution in [3.8, 4) is 11.5 Å². The van der Waals surface area contributed by atoms with E-state index in [1.807, 2.05) is 36.3 Å². The molecule has 2 heterocycles. The SMILES string of the molecule is CCC(C)NC(=O)CC1=CSC2=NC(C)=C(C(=O)OC)C(c3cc(OC)cc(OC)c3)N12. The maximum absolute atomic E-state index is 12.8. The molecule has 2 aliphatic heterocycles. The fraction of sp³-hybridized carbons (Fsp3) is 0.435. The predicted octanol–water partition coefficient (Wildman–Crippen LogP) is 3.76. The third-order valence-corrected chi connectivity index (χ3v) is 6.35. The van der Waals surface area contributed by atoms with Crippen molar-refractivity contribution in [2.24, 2.45) is 4.99 Å². The number of esters is 1. The molecule has 0 aliphatic carbocycles. The molecule has 0 fully saturated rings. The molecule has 8 nitrogen and oxygen atoms in total. The van der Waals surface area contributed by atoms with Gasteiger partial charge in [0.1, 0.15) is 11.5 Å². The number of nitrogens with zero attached hydrogens (tertiary/aromatic N) is 2. The maximum Gasteiger partial charge on any atom is 0.338 e. The van der Waals surface area contributed by atoms with Crippen LogP contribution in [0.1, 0.15) is 45.2 Å². The van der Waals surface area contributed by atoms with Gasteiger partial charge in [-0.05, 0) is 43.4 Å². The Labute approximate surface area is 192 Å². The van der Waals surface area contributed by atoms with E-state index in [0.717, 1.165) is 17.7 Å². The number of nitrogens with one attached hydrogen (secondary N) is 1. The largest absolute Gasteiger partial charge is 0.497 e. The normalized spacial score (nSPS) is 18.4. The lowest BCUT2D eigenvalue weighted by molar-refractivity contribution is -0.136. The summed E-state index contributed by atoms with van der Waals surface area (Å²) >= 11 is 1.43. The van der Waals surface area contributed by atoms with Gasteiger partial charge in [0.2, 0.25) is 5.91 Å². The maximum atomic E-state index is 12.8. The van der Waals surface area contributed by atoms with Crippen molar-refractivity contribution in [3.05, 3.63) is 46.1 Å². The summed E-state index contributed by atoms with van der Waals surface area (Å²) in [7, 11) is 4.50. The lowest BCUT2D eigenvalue weighted by atomic mass is 9.93. The van der Waals surface area contributed by atoms with Crippen molar-refractivity contribution in [1.82, 2.24) is 10.2 Å². The van der Waals surface area contributed by atoms with Gasteiger partial charge < -0.3 is 24.4 Å². The Morgan fingerprint density at radius 1 is 1.19 bits per heavy atom. The highest BCUT2D eigenvalue weighted by molar-refractivity contribution is 8.16. The molecule has 0 aromatic heterocycles. The molecule has 32 heavy (non-hydrogen) atoms. The van der Waals surface area contributed by atoms with Crippen molar-refractivity contribution in [2.45, 2.75) is 45.7 Å². The Kier molecular flexibility index (Phi) is 7.50. The van der Waals surface area contributed by atoms with Crippen LogP contribution in [0.4, 0.5) is 0 Å². The molecule has 1 aromatic rings. The quantitative estimate of drug-likeness (QED) is 0.592. The number of allylic oxidation sites excluding steroid dienone is 1. The third-order valence-electron chi connectivity index (χ3n) is 5.46. The van der Waals surface area contributed by atoms with Crippen LogP contribution in [0.5, 0.6) is 11.5 Å². The Balaban J connectivity index is 2.07. The summed E-state index contributed by atoms with van der Waals surface area (Å²) in [5.41, 5.74) is 2.50. The van der Waals surface area contributed by atoms with E-state index in [4.69, 9.17) is 14.2 Å². The molecule has 0 radical (unpaired) electrons. The third kappa shape index (κ3) is 4.77. The lowest BCUT2D eigenvalue weighted by Gasteiger charge is -2.36. The van der Waals surface area contributed by atoms with Gasteiger partial charge in [0.05, 0.1) is 45.1 Å². The summed E-state index contributed by atoms with van der Waals surface area (Å²) in [6, 6.07) is 5.01. The van der Waals surface area contributed by atoms with Crippen molar-refractivity contribution in [2.75, 3.05) is 21.3 Å². The van der Waals surface area contributed by atoms with Crippen molar-refractivity contribution < 1.29 is 23.8 Å². The average Bonchev–Trinajstić information content (AvgIpc) is 3.18. The summed E-state index contributed by atoms with van der Waals surface area (Å²) in [4.78, 5) is 32.0. The van der Waals surface area contributed by atoms with E-state index in [2.05, 4.69) is 10.3 Å². The summed E-state index contributed by atoms with van der Waals surface area (Å²) in [6.45, 7) is 5.78. The molecule has 172 valence electrons. The monoisotopic (exact) mass is 459 g/mol. The number of fused-ring (bicyclic) bond motifs is 1. The van der Waals surface area contributed by atoms with Crippen molar-refractivity contribution >= 4 is 28.8 Å². The van der Waals surface area contributed by atoms with Crippen LogP contribution >= 0.6 is 11.8 Å². The van der Waals surface area contributed by atoms with Gasteiger partial charge in [-0.25, -0.2) is 9.79 Å². The van der Waals surface area contributed by atoms with Crippen molar-refractivity contribution in [1.29, 1.82) is 0 Å². The fourth-order valence-corrected chi connectivity index (χ4v) is 4.60. The first kappa shape index (κ1) is 23.7. The van der Waals surface area contributed by atoms with E-state index in [0.29, 0.717) is 27.9 Å². The van der Waals surface area contributed by atoms with Gasteiger partial charge in [-0.3, -0.25) is 4.79 Å². The number of thioether (sulfide) groups is 1. The molecule has 1 N–H and O–H groups in total. The summed E-state index contributed by atoms with van der Waals surface area (Å²) in [5.74, 6) is 0.632. The van der Waals surface area contributed by atoms with Crippen LogP contribution in [0.3, 0.4) is 0 Å². The van der Waals surface area contributed by atoms with Gasteiger partial charge in [0, 0.05) is 17.8 Å². The Morgan fingerprint density at radius 2 is 1.84 bits per heavy atom. The second-order valence-electron chi connectivity index (χ2n) is 7.58. The lowest BCUT2D eigenvalue weighted by Crippen LogP contribution is -2.39. The minimum absolute atomic E-state index is 0.0814. The van der Waals surface area contributed by atoms with E-state index in [9.17, 15) is 9.59 Å². The topological polar surface area (TPSA) is 89.5 Å². The minimum atomic E-state index is -0.545. The van der Waals surface area contributed by atoms with Gasteiger partial charge >= 0.3 is 5.97 Å². The van der Waals surface area contributed by atoms with Crippen LogP contribution in [0.2, 0.25) is 0 Å². The molecule has 3 rings (SSSR count). The summed E-state index contributed by atoms with van der Waals surface area (Å²) in [5, 5.41) is 5.61. The number of ether oxygens (including phenoxy) is 3. The Hall–Kier alpha value is -2.94. The number of carbonyl (C=O) groups is 2. The number of benzene rings is 1. The van der Waals surface area contributed by atoms with E-state index >= 15 is 0 Å². The van der Waals surface area contributed by atoms with E-state index in [-0.39, 0.29) is 18.4 Å². The number of aliphatic imine (C=N–C) groups is 1. The number of rotatable bonds is 8. The zero-order valence-electron chi connectivity index (χ0n) is 19.2. The molecule has 2 aliphatic rings. The van der Waals surface area contributed by atoms with E-state index in [1.54, 1.807) is 27.2 Å². The Morgan fingerprint density at radius 3 is 2.41 bits per heavy atom. The number of methoxy groups -OCH3 is 3. The zero-order chi connectivity index (χ0) is 23.4. The molecular weight excluding hydrogens is 430 g/mol. The molecule has 2 unspecified atom stereocenters. The highest BCUT2D eigenvalue weighted by atomic mass is 32.2. The molecule has 2 atom stereocenters. The molecule has 1 aromatic carbocycles. The van der Waals surface area contributed by atoms with Gasteiger partial charge in [-0.1, -0.05) is 18.7 Å². The first-order valence-electron chi connectivity index (χ1n) is 10.4. The number of amides is 1. The molecule has 0 saturated heterocycles. The fourth-order valence-electron chi connectivity index (χ4n) is 3.64. The highest BCUT2D eigenvalue weighted by Crippen LogP contribution is 2.46. The summed E-state index contributed by atoms with van der Waals surface area (Å²) < 4.78 is 16.0. The standard InChI is InChI=1S/C23H29N3O5S/c1-7-13(2)24-19(27)10-16-12-32-23-25-14(3)20(22(28)31-6)21(26(16)23)15-8-17(29-4)11-18(9-15)30-5/h8-9,11-13,21H,7,10H2,1-6H3,(H,24,27). The molecule has 0 bridgehead atoms. The molecule has 0 spiro atoms. The van der Waals surface area contributed by atoms with Crippen LogP contribution in [0.25, 0.3) is 0 Å². The second-order valence-corrected chi connectivity index (χ2v) is 8.42. The number of carbonyl (C=O) groups excluding carboxylic acids is 2. The molecular formula is C23H29N3O5S. The first-order valence-corrected chi connectivity index (χ1v) is 11.3. The molecule has 0 saturated carbocycles. The molecule has 9 heteroatoms. The summed E-state index contributed by atoms with van der Waals surface area (Å²) in [6.07, 6.45) is 1.01. The number of hydrogen-bond acceptors (Lipinski definition) is 8. The molecule has 1 amide bonds. The number of amidine groups is 1. The zero-order valence-corrected chi connectivity index (χ0v) is 20.0. The predicted molar refractivity (Wildman–Crippen MR) is 124 cm³/mol. The van der Waals surface area contributed by atoms with Crippen LogP contribution in [-0.4, -0.2) is 49.3 Å². The van der Waals surface area contributed by atoms with Crippen molar-refractivity contribution in [3.63, 3.8) is 0 Å². The number of hydrogen-bond donors (Lipinski definition) is 1. The van der Waals surface area contributed by atoms with E-state index in [1.165, 1.54) is 18.9 Å². The van der Waals surface area contributed by atoms with Gasteiger partial charge in [0.25, 0.3) is 0 Å². The van der Waals surface area contributed by atoms with Crippen LogP contribution in [0, 0.1) is 0 Å². The van der Waals surface area contributed by atoms with Crippen LogP contribution in [-0.2, 0) is 14.3 Å². The second kappa shape index (κ2) is 10.1. The van der Waals surface area contributed by atoms with Gasteiger partial charge in [0.15, 0.2) is 5.17 Å². The van der Waals surface area contributed by atoms with Gasteiger partial charge in [-0.2, -0.15) is 0 Å². The highest BCUT2D eigenvalue weighted by Gasteiger charge is 2.41. The van der Waals surface area contributed by atoms with E-state index < -0.39 is 12.0 Å². The Bertz CT molecular complexity index is 979. The first-order chi connectivity index (χ1) is 15.3. The average molecular weight is 460 g/mol. The van der Waals surface area contributed by atoms with Crippen LogP contribution in [0.15, 0.2) is 45.6 Å². The van der Waals surface area contributed by atoms with Gasteiger partial charge in [-0.15, -0.1) is 0 Å². The smallest absolute Gasteiger partial charge is 0.338 e. The van der Waals surface area contributed by atoms with Crippen LogP contribution < -0.4 is 14.8 Å².